The van der Waals surface area contributed by atoms with E-state index in [2.05, 4.69) is 4.98 Å². The highest BCUT2D eigenvalue weighted by Crippen LogP contribution is 2.21. The second-order valence-electron chi connectivity index (χ2n) is 1.61. The molecule has 3 nitrogen and oxygen atoms in total. The lowest BCUT2D eigenvalue weighted by Crippen LogP contribution is -1.87. The van der Waals surface area contributed by atoms with Gasteiger partial charge >= 0.3 is 0 Å². The summed E-state index contributed by atoms with van der Waals surface area (Å²) in [6, 6.07) is 1.67. The van der Waals surface area contributed by atoms with E-state index in [0.29, 0.717) is 10.6 Å². The predicted octanol–water partition coefficient (Wildman–Crippen LogP) is 1.24. The Morgan fingerprint density at radius 2 is 2.50 bits per heavy atom. The minimum Gasteiger partial charge on any atom is -0.398 e. The molecular weight excluding hydrogens is 146 g/mol. The first-order valence-corrected chi connectivity index (χ1v) is 3.41. The zero-order valence-corrected chi connectivity index (χ0v) is 5.93. The zero-order valence-electron chi connectivity index (χ0n) is 5.11. The molecule has 0 unspecified atom stereocenters. The van der Waals surface area contributed by atoms with Gasteiger partial charge in [0, 0.05) is 18.1 Å². The highest BCUT2D eigenvalue weighted by atomic mass is 32.2. The largest absolute Gasteiger partial charge is 0.398 e. The van der Waals surface area contributed by atoms with Gasteiger partial charge in [0.2, 0.25) is 0 Å². The number of thioether (sulfide) groups is 1. The van der Waals surface area contributed by atoms with E-state index in [9.17, 15) is 0 Å². The second-order valence-corrected chi connectivity index (χ2v) is 2.43. The Morgan fingerprint density at radius 3 is 3.10 bits per heavy atom. The summed E-state index contributed by atoms with van der Waals surface area (Å²) in [7, 11) is 0. The van der Waals surface area contributed by atoms with Crippen molar-refractivity contribution >= 4 is 17.4 Å². The Hall–Kier alpha value is -1.21. The molecular formula is C6H5N3S. The molecule has 2 N–H and O–H groups in total. The molecule has 0 amide bonds. The smallest absolute Gasteiger partial charge is 0.138 e. The van der Waals surface area contributed by atoms with Crippen molar-refractivity contribution in [1.29, 1.82) is 5.26 Å². The summed E-state index contributed by atoms with van der Waals surface area (Å²) >= 11 is 1.02. The predicted molar refractivity (Wildman–Crippen MR) is 40.1 cm³/mol. The van der Waals surface area contributed by atoms with E-state index in [1.54, 1.807) is 18.5 Å². The molecule has 0 bridgehead atoms. The molecule has 0 spiro atoms. The minimum absolute atomic E-state index is 0.599. The minimum atomic E-state index is 0.599. The number of nitriles is 1. The maximum Gasteiger partial charge on any atom is 0.138 e. The number of nitrogens with two attached hydrogens (primary N) is 1. The summed E-state index contributed by atoms with van der Waals surface area (Å²) in [6.45, 7) is 0. The van der Waals surface area contributed by atoms with E-state index >= 15 is 0 Å². The standard InChI is InChI=1S/C6H5N3S/c7-4-10-6-3-9-2-1-5(6)8/h1-3H,(H2,8,9). The van der Waals surface area contributed by atoms with Crippen LogP contribution in [0, 0.1) is 10.7 Å². The van der Waals surface area contributed by atoms with Crippen LogP contribution < -0.4 is 5.73 Å². The molecule has 10 heavy (non-hydrogen) atoms. The third-order valence-corrected chi connectivity index (χ3v) is 1.62. The lowest BCUT2D eigenvalue weighted by Gasteiger charge is -1.95. The second kappa shape index (κ2) is 3.08. The highest BCUT2D eigenvalue weighted by molar-refractivity contribution is 8.03. The van der Waals surface area contributed by atoms with Crippen LogP contribution >= 0.6 is 11.8 Å². The Bertz CT molecular complexity index is 266. The molecule has 0 aliphatic heterocycles. The van der Waals surface area contributed by atoms with Crippen LogP contribution in [0.25, 0.3) is 0 Å². The molecule has 50 valence electrons. The van der Waals surface area contributed by atoms with Crippen molar-refractivity contribution in [1.82, 2.24) is 4.98 Å². The number of pyridine rings is 1. The number of thiocyanates is 1. The lowest BCUT2D eigenvalue weighted by molar-refractivity contribution is 1.25. The fourth-order valence-corrected chi connectivity index (χ4v) is 0.923. The molecule has 0 radical (unpaired) electrons. The summed E-state index contributed by atoms with van der Waals surface area (Å²) in [5, 5.41) is 10.2. The molecule has 0 aliphatic carbocycles. The van der Waals surface area contributed by atoms with Gasteiger partial charge in [0.15, 0.2) is 0 Å². The normalized spacial score (nSPS) is 8.70. The number of hydrogen-bond donors (Lipinski definition) is 1. The Morgan fingerprint density at radius 1 is 1.70 bits per heavy atom. The van der Waals surface area contributed by atoms with Crippen molar-refractivity contribution in [3.63, 3.8) is 0 Å². The third-order valence-electron chi connectivity index (χ3n) is 0.972. The summed E-state index contributed by atoms with van der Waals surface area (Å²) < 4.78 is 0. The van der Waals surface area contributed by atoms with Gasteiger partial charge in [-0.2, -0.15) is 5.26 Å². The molecule has 0 aliphatic rings. The van der Waals surface area contributed by atoms with E-state index in [-0.39, 0.29) is 0 Å². The van der Waals surface area contributed by atoms with E-state index in [1.165, 1.54) is 0 Å². The first kappa shape index (κ1) is 6.90. The zero-order chi connectivity index (χ0) is 7.40. The van der Waals surface area contributed by atoms with Gasteiger partial charge in [-0.25, -0.2) is 0 Å². The van der Waals surface area contributed by atoms with Crippen LogP contribution in [0.3, 0.4) is 0 Å². The van der Waals surface area contributed by atoms with Gasteiger partial charge < -0.3 is 5.73 Å². The maximum atomic E-state index is 8.27. The quantitative estimate of drug-likeness (QED) is 0.484. The Kier molecular flexibility index (Phi) is 2.13. The van der Waals surface area contributed by atoms with Gasteiger partial charge in [-0.1, -0.05) is 0 Å². The summed E-state index contributed by atoms with van der Waals surface area (Å²) in [6.07, 6.45) is 3.17. The number of anilines is 1. The van der Waals surface area contributed by atoms with Crippen LogP contribution in [0.5, 0.6) is 0 Å². The molecule has 0 aromatic carbocycles. The summed E-state index contributed by atoms with van der Waals surface area (Å²) in [5.74, 6) is 0. The number of hydrogen-bond acceptors (Lipinski definition) is 4. The van der Waals surface area contributed by atoms with Crippen LogP contribution in [0.1, 0.15) is 0 Å². The average molecular weight is 151 g/mol. The first-order valence-electron chi connectivity index (χ1n) is 2.60. The number of nitrogen functional groups attached to an aromatic ring is 1. The molecule has 1 rings (SSSR count). The fourth-order valence-electron chi connectivity index (χ4n) is 0.525. The number of rotatable bonds is 1. The van der Waals surface area contributed by atoms with Crippen molar-refractivity contribution in [2.75, 3.05) is 5.73 Å². The molecule has 0 atom stereocenters. The molecule has 1 aromatic rings. The van der Waals surface area contributed by atoms with Gasteiger partial charge in [0.1, 0.15) is 5.40 Å². The van der Waals surface area contributed by atoms with Gasteiger partial charge in [-0.3, -0.25) is 4.98 Å². The van der Waals surface area contributed by atoms with Crippen LogP contribution in [0.15, 0.2) is 23.4 Å². The van der Waals surface area contributed by atoms with Gasteiger partial charge in [0.05, 0.1) is 4.90 Å². The van der Waals surface area contributed by atoms with Crippen molar-refractivity contribution < 1.29 is 0 Å². The van der Waals surface area contributed by atoms with Gasteiger partial charge in [0.25, 0.3) is 0 Å². The molecule has 1 heterocycles. The Balaban J connectivity index is 2.94. The topological polar surface area (TPSA) is 62.7 Å². The molecule has 0 saturated carbocycles. The maximum absolute atomic E-state index is 8.27. The SMILES string of the molecule is N#CSc1cnccc1N. The van der Waals surface area contributed by atoms with E-state index in [1.807, 2.05) is 5.40 Å². The van der Waals surface area contributed by atoms with Crippen LogP contribution in [-0.2, 0) is 0 Å². The highest BCUT2D eigenvalue weighted by Gasteiger charge is 1.95. The van der Waals surface area contributed by atoms with Crippen molar-refractivity contribution in [3.05, 3.63) is 18.5 Å². The van der Waals surface area contributed by atoms with Crippen molar-refractivity contribution in [3.8, 4) is 5.40 Å². The van der Waals surface area contributed by atoms with Crippen LogP contribution in [0.4, 0.5) is 5.69 Å². The molecule has 1 aromatic heterocycles. The van der Waals surface area contributed by atoms with Crippen LogP contribution in [-0.4, -0.2) is 4.98 Å². The van der Waals surface area contributed by atoms with Crippen molar-refractivity contribution in [2.45, 2.75) is 4.90 Å². The van der Waals surface area contributed by atoms with Gasteiger partial charge in [-0.05, 0) is 17.8 Å². The van der Waals surface area contributed by atoms with Gasteiger partial charge in [-0.15, -0.1) is 0 Å². The van der Waals surface area contributed by atoms with Crippen molar-refractivity contribution in [2.24, 2.45) is 0 Å². The lowest BCUT2D eigenvalue weighted by atomic mass is 10.4. The third kappa shape index (κ3) is 1.39. The van der Waals surface area contributed by atoms with E-state index < -0.39 is 0 Å². The summed E-state index contributed by atoms with van der Waals surface area (Å²) in [5.41, 5.74) is 6.09. The first-order chi connectivity index (χ1) is 4.84. The molecule has 4 heteroatoms. The van der Waals surface area contributed by atoms with E-state index in [4.69, 9.17) is 11.0 Å². The van der Waals surface area contributed by atoms with Crippen LogP contribution in [0.2, 0.25) is 0 Å². The number of nitrogens with zero attached hydrogens (tertiary/aromatic N) is 2. The molecule has 0 fully saturated rings. The average Bonchev–Trinajstić information content (AvgIpc) is 1.94. The fraction of sp³-hybridized carbons (Fsp3) is 0. The monoisotopic (exact) mass is 151 g/mol. The number of aromatic nitrogens is 1. The molecule has 0 saturated heterocycles. The summed E-state index contributed by atoms with van der Waals surface area (Å²) in [4.78, 5) is 4.53. The Labute approximate surface area is 62.9 Å². The van der Waals surface area contributed by atoms with E-state index in [0.717, 1.165) is 11.8 Å².